The lowest BCUT2D eigenvalue weighted by Gasteiger charge is -2.44. The number of benzene rings is 2. The second kappa shape index (κ2) is 11.8. The lowest BCUT2D eigenvalue weighted by Crippen LogP contribution is -2.58. The minimum atomic E-state index is -2.72. The quantitative estimate of drug-likeness (QED) is 0.243. The molecule has 2 aliphatic heterocycles. The Bertz CT molecular complexity index is 1810. The molecule has 0 saturated carbocycles. The number of hydrogen-bond acceptors (Lipinski definition) is 7. The average molecular weight is 642 g/mol. The summed E-state index contributed by atoms with van der Waals surface area (Å²) in [5.74, 6) is -3.11. The molecular formula is C32H35ClF3N7O2. The van der Waals surface area contributed by atoms with Gasteiger partial charge in [0.25, 0.3) is 5.92 Å². The maximum Gasteiger partial charge on any atom is 0.319 e. The van der Waals surface area contributed by atoms with Crippen molar-refractivity contribution in [1.29, 1.82) is 0 Å². The van der Waals surface area contributed by atoms with Gasteiger partial charge in [-0.25, -0.2) is 13.2 Å². The number of nitrogens with zero attached hydrogens (tertiary/aromatic N) is 7. The van der Waals surface area contributed by atoms with Crippen LogP contribution in [0.4, 0.5) is 19.0 Å². The smallest absolute Gasteiger partial charge is 0.319 e. The number of carbonyl (C=O) groups excluding carboxylic acids is 1. The molecule has 2 aliphatic rings. The molecule has 0 bridgehead atoms. The highest BCUT2D eigenvalue weighted by Gasteiger charge is 2.38. The molecule has 238 valence electrons. The Kier molecular flexibility index (Phi) is 8.15. The molecular weight excluding hydrogens is 607 g/mol. The van der Waals surface area contributed by atoms with Gasteiger partial charge in [-0.1, -0.05) is 30.3 Å². The van der Waals surface area contributed by atoms with E-state index >= 15 is 4.39 Å². The van der Waals surface area contributed by atoms with E-state index in [2.05, 4.69) is 16.7 Å². The monoisotopic (exact) mass is 641 g/mol. The van der Waals surface area contributed by atoms with Gasteiger partial charge in [0.1, 0.15) is 17.9 Å². The van der Waals surface area contributed by atoms with Gasteiger partial charge in [-0.3, -0.25) is 14.4 Å². The highest BCUT2D eigenvalue weighted by atomic mass is 35.5. The number of alkyl halides is 2. The van der Waals surface area contributed by atoms with Gasteiger partial charge < -0.3 is 14.5 Å². The summed E-state index contributed by atoms with van der Waals surface area (Å²) in [5.41, 5.74) is 2.35. The number of carbonyl (C=O) groups is 1. The first-order chi connectivity index (χ1) is 21.4. The van der Waals surface area contributed by atoms with Crippen molar-refractivity contribution in [3.05, 3.63) is 53.5 Å². The Morgan fingerprint density at radius 2 is 1.98 bits per heavy atom. The van der Waals surface area contributed by atoms with E-state index in [0.29, 0.717) is 29.9 Å². The summed E-state index contributed by atoms with van der Waals surface area (Å²) < 4.78 is 52.0. The van der Waals surface area contributed by atoms with Crippen LogP contribution in [-0.2, 0) is 11.8 Å². The number of piperazine rings is 1. The molecule has 0 N–H and O–H groups in total. The molecule has 13 heteroatoms. The van der Waals surface area contributed by atoms with Crippen LogP contribution in [0.25, 0.3) is 32.9 Å². The van der Waals surface area contributed by atoms with E-state index in [1.54, 1.807) is 33.8 Å². The fraction of sp³-hybridized carbons (Fsp3) is 0.438. The van der Waals surface area contributed by atoms with Crippen LogP contribution in [0.3, 0.4) is 0 Å². The zero-order chi connectivity index (χ0) is 32.2. The van der Waals surface area contributed by atoms with Gasteiger partial charge in [0.05, 0.1) is 23.3 Å². The fourth-order valence-electron chi connectivity index (χ4n) is 6.47. The van der Waals surface area contributed by atoms with Crippen LogP contribution in [0.15, 0.2) is 37.1 Å². The van der Waals surface area contributed by atoms with Crippen molar-refractivity contribution in [2.75, 3.05) is 44.2 Å². The second-order valence-corrected chi connectivity index (χ2v) is 12.4. The minimum absolute atomic E-state index is 0.0186. The van der Waals surface area contributed by atoms with Gasteiger partial charge in [-0.15, -0.1) is 0 Å². The first-order valence-corrected chi connectivity index (χ1v) is 15.3. The zero-order valence-electron chi connectivity index (χ0n) is 25.7. The Morgan fingerprint density at radius 3 is 2.69 bits per heavy atom. The van der Waals surface area contributed by atoms with Crippen LogP contribution in [0.1, 0.15) is 25.8 Å². The molecule has 4 aromatic rings. The number of amides is 1. The van der Waals surface area contributed by atoms with E-state index in [0.717, 1.165) is 16.5 Å². The van der Waals surface area contributed by atoms with Gasteiger partial charge >= 0.3 is 6.01 Å². The number of anilines is 1. The van der Waals surface area contributed by atoms with Gasteiger partial charge in [-0.05, 0) is 38.5 Å². The van der Waals surface area contributed by atoms with E-state index in [9.17, 15) is 13.6 Å². The molecule has 6 rings (SSSR count). The van der Waals surface area contributed by atoms with Gasteiger partial charge in [0, 0.05) is 73.6 Å². The number of ether oxygens (including phenoxy) is 1. The van der Waals surface area contributed by atoms with E-state index in [1.165, 1.54) is 6.08 Å². The molecule has 2 atom stereocenters. The van der Waals surface area contributed by atoms with Crippen LogP contribution >= 0.6 is 11.6 Å². The normalized spacial score (nSPS) is 20.4. The SMILES string of the molecule is C=CC(=O)N1C[C@H](C)N(c2nc(OCCN3CCC(F)(F)C3)nc3c(F)c(-c4c(C)ccc5cnn(C)c45)c(Cl)cc23)C[C@H]1C. The predicted molar refractivity (Wildman–Crippen MR) is 169 cm³/mol. The summed E-state index contributed by atoms with van der Waals surface area (Å²) in [6.07, 6.45) is 2.81. The van der Waals surface area contributed by atoms with Crippen molar-refractivity contribution in [3.8, 4) is 17.1 Å². The standard InChI is InChI=1S/C32H35ClF3N7O2/c1-6-24(44)42-15-20(4)43(16-19(42)3)30-22-13-23(33)26(25-18(2)7-8-21-14-37-40(5)29(21)25)27(34)28(22)38-31(39-30)45-12-11-41-10-9-32(35,36)17-41/h6-8,13-14,19-20H,1,9-12,15-17H2,2-5H3/t19-,20+/m1/s1. The van der Waals surface area contributed by atoms with Crippen LogP contribution in [-0.4, -0.2) is 92.8 Å². The molecule has 2 fully saturated rings. The van der Waals surface area contributed by atoms with Gasteiger partial charge in [-0.2, -0.15) is 15.1 Å². The van der Waals surface area contributed by atoms with E-state index in [4.69, 9.17) is 21.3 Å². The molecule has 0 unspecified atom stereocenters. The van der Waals surface area contributed by atoms with Crippen molar-refractivity contribution in [2.24, 2.45) is 7.05 Å². The van der Waals surface area contributed by atoms with E-state index < -0.39 is 11.7 Å². The van der Waals surface area contributed by atoms with E-state index in [1.807, 2.05) is 37.8 Å². The van der Waals surface area contributed by atoms with Crippen LogP contribution < -0.4 is 9.64 Å². The van der Waals surface area contributed by atoms with E-state index in [-0.39, 0.29) is 72.8 Å². The van der Waals surface area contributed by atoms with Crippen LogP contribution in [0.2, 0.25) is 5.02 Å². The third-order valence-electron chi connectivity index (χ3n) is 8.81. The maximum atomic E-state index is 16.9. The molecule has 0 radical (unpaired) electrons. The fourth-order valence-corrected chi connectivity index (χ4v) is 6.75. The number of aryl methyl sites for hydroxylation is 2. The number of fused-ring (bicyclic) bond motifs is 2. The summed E-state index contributed by atoms with van der Waals surface area (Å²) in [4.78, 5) is 27.1. The summed E-state index contributed by atoms with van der Waals surface area (Å²) in [6.45, 7) is 10.4. The Balaban J connectivity index is 1.46. The highest BCUT2D eigenvalue weighted by Crippen LogP contribution is 2.43. The maximum absolute atomic E-state index is 16.9. The van der Waals surface area contributed by atoms with Crippen molar-refractivity contribution in [2.45, 2.75) is 45.2 Å². The molecule has 0 aliphatic carbocycles. The highest BCUT2D eigenvalue weighted by molar-refractivity contribution is 6.35. The third kappa shape index (κ3) is 5.69. The third-order valence-corrected chi connectivity index (χ3v) is 9.10. The van der Waals surface area contributed by atoms with Crippen LogP contribution in [0, 0.1) is 12.7 Å². The zero-order valence-corrected chi connectivity index (χ0v) is 26.4. The van der Waals surface area contributed by atoms with Crippen molar-refractivity contribution in [1.82, 2.24) is 29.5 Å². The molecule has 2 aromatic carbocycles. The van der Waals surface area contributed by atoms with Gasteiger partial charge in [0.2, 0.25) is 5.91 Å². The Morgan fingerprint density at radius 1 is 1.20 bits per heavy atom. The summed E-state index contributed by atoms with van der Waals surface area (Å²) >= 11 is 6.91. The lowest BCUT2D eigenvalue weighted by molar-refractivity contribution is -0.128. The molecule has 2 aromatic heterocycles. The topological polar surface area (TPSA) is 79.6 Å². The van der Waals surface area contributed by atoms with Crippen LogP contribution in [0.5, 0.6) is 6.01 Å². The predicted octanol–water partition coefficient (Wildman–Crippen LogP) is 5.62. The lowest BCUT2D eigenvalue weighted by atomic mass is 9.96. The van der Waals surface area contributed by atoms with Crippen molar-refractivity contribution in [3.63, 3.8) is 0 Å². The molecule has 1 amide bonds. The summed E-state index contributed by atoms with van der Waals surface area (Å²) in [6, 6.07) is 5.03. The summed E-state index contributed by atoms with van der Waals surface area (Å²) in [5, 5.41) is 5.78. The Labute approximate surface area is 264 Å². The van der Waals surface area contributed by atoms with Gasteiger partial charge in [0.15, 0.2) is 5.82 Å². The number of halogens is 4. The van der Waals surface area contributed by atoms with Crippen molar-refractivity contribution >= 4 is 45.1 Å². The summed E-state index contributed by atoms with van der Waals surface area (Å²) in [7, 11) is 1.79. The largest absolute Gasteiger partial charge is 0.462 e. The second-order valence-electron chi connectivity index (χ2n) is 12.0. The number of aromatic nitrogens is 4. The number of likely N-dealkylation sites (tertiary alicyclic amines) is 1. The Hall–Kier alpha value is -3.90. The average Bonchev–Trinajstić information content (AvgIpc) is 3.55. The number of hydrogen-bond donors (Lipinski definition) is 0. The molecule has 4 heterocycles. The molecule has 9 nitrogen and oxygen atoms in total. The first kappa shape index (κ1) is 31.1. The number of rotatable bonds is 7. The van der Waals surface area contributed by atoms with Crippen molar-refractivity contribution < 1.29 is 22.7 Å². The molecule has 45 heavy (non-hydrogen) atoms. The first-order valence-electron chi connectivity index (χ1n) is 14.9. The molecule has 0 spiro atoms. The molecule has 2 saturated heterocycles. The minimum Gasteiger partial charge on any atom is -0.462 e.